The van der Waals surface area contributed by atoms with Gasteiger partial charge in [0.15, 0.2) is 0 Å². The van der Waals surface area contributed by atoms with E-state index in [1.807, 2.05) is 0 Å². The summed E-state index contributed by atoms with van der Waals surface area (Å²) in [6, 6.07) is -2.46. The molecule has 0 aromatic heterocycles. The Balaban J connectivity index is 2.72. The van der Waals surface area contributed by atoms with Crippen LogP contribution in [0.3, 0.4) is 0 Å². The molecule has 1 fully saturated rings. The number of nitrogens with one attached hydrogen (secondary N) is 2. The van der Waals surface area contributed by atoms with Crippen LogP contribution in [0.5, 0.6) is 0 Å². The van der Waals surface area contributed by atoms with Crippen LogP contribution in [0.1, 0.15) is 64.7 Å². The molecule has 1 aliphatic carbocycles. The normalized spacial score (nSPS) is 18.6. The van der Waals surface area contributed by atoms with Crippen LogP contribution in [0.4, 0.5) is 0 Å². The molecule has 0 spiro atoms. The summed E-state index contributed by atoms with van der Waals surface area (Å²) >= 11 is 0. The summed E-state index contributed by atoms with van der Waals surface area (Å²) in [5, 5.41) is 14.6. The molecule has 0 heterocycles. The summed E-state index contributed by atoms with van der Waals surface area (Å²) in [7, 11) is 0. The number of nitrogens with two attached hydrogens (primary N) is 2. The van der Waals surface area contributed by atoms with Crippen LogP contribution in [-0.4, -0.2) is 47.6 Å². The standard InChI is InChI=1S/C18H34N4O4/c1-12(20)16(23)22-15(11-13-7-3-2-4-8-13)17(24)21-14(18(25)26)9-5-6-10-19/h12-15H,2-11,19-20H2,1H3,(H,21,24)(H,22,23)(H,25,26)/t12-,14-,15-/m0/s1. The van der Waals surface area contributed by atoms with Gasteiger partial charge in [0, 0.05) is 0 Å². The Morgan fingerprint density at radius 2 is 1.65 bits per heavy atom. The van der Waals surface area contributed by atoms with Crippen molar-refractivity contribution < 1.29 is 19.5 Å². The van der Waals surface area contributed by atoms with Crippen molar-refractivity contribution in [2.75, 3.05) is 6.54 Å². The van der Waals surface area contributed by atoms with Crippen molar-refractivity contribution in [1.82, 2.24) is 10.6 Å². The zero-order chi connectivity index (χ0) is 19.5. The Hall–Kier alpha value is -1.67. The Bertz CT molecular complexity index is 464. The Kier molecular flexibility index (Phi) is 10.2. The van der Waals surface area contributed by atoms with E-state index in [9.17, 15) is 19.5 Å². The molecule has 0 unspecified atom stereocenters. The number of amides is 2. The summed E-state index contributed by atoms with van der Waals surface area (Å²) in [5.74, 6) is -1.58. The number of carbonyl (C=O) groups excluding carboxylic acids is 2. The van der Waals surface area contributed by atoms with E-state index in [1.54, 1.807) is 6.92 Å². The van der Waals surface area contributed by atoms with Crippen molar-refractivity contribution >= 4 is 17.8 Å². The van der Waals surface area contributed by atoms with E-state index >= 15 is 0 Å². The first-order chi connectivity index (χ1) is 12.3. The van der Waals surface area contributed by atoms with E-state index in [1.165, 1.54) is 6.42 Å². The maximum Gasteiger partial charge on any atom is 0.326 e. The fourth-order valence-corrected chi connectivity index (χ4v) is 3.31. The van der Waals surface area contributed by atoms with Crippen LogP contribution in [0.2, 0.25) is 0 Å². The lowest BCUT2D eigenvalue weighted by Gasteiger charge is -2.28. The predicted octanol–water partition coefficient (Wildman–Crippen LogP) is 0.487. The smallest absolute Gasteiger partial charge is 0.326 e. The van der Waals surface area contributed by atoms with Crippen molar-refractivity contribution in [2.24, 2.45) is 17.4 Å². The first-order valence-electron chi connectivity index (χ1n) is 9.64. The summed E-state index contributed by atoms with van der Waals surface area (Å²) < 4.78 is 0. The van der Waals surface area contributed by atoms with E-state index in [0.29, 0.717) is 38.1 Å². The lowest BCUT2D eigenvalue weighted by molar-refractivity contribution is -0.142. The van der Waals surface area contributed by atoms with Crippen molar-refractivity contribution in [3.05, 3.63) is 0 Å². The fraction of sp³-hybridized carbons (Fsp3) is 0.833. The molecule has 0 bridgehead atoms. The summed E-state index contributed by atoms with van der Waals surface area (Å²) in [6.45, 7) is 2.03. The van der Waals surface area contributed by atoms with Crippen LogP contribution in [0.25, 0.3) is 0 Å². The minimum absolute atomic E-state index is 0.315. The molecule has 150 valence electrons. The second-order valence-electron chi connectivity index (χ2n) is 7.27. The maximum atomic E-state index is 12.7. The highest BCUT2D eigenvalue weighted by atomic mass is 16.4. The van der Waals surface area contributed by atoms with Crippen LogP contribution in [-0.2, 0) is 14.4 Å². The van der Waals surface area contributed by atoms with E-state index in [0.717, 1.165) is 25.7 Å². The van der Waals surface area contributed by atoms with Gasteiger partial charge < -0.3 is 27.2 Å². The third-order valence-electron chi connectivity index (χ3n) is 4.90. The molecule has 0 aromatic carbocycles. The lowest BCUT2D eigenvalue weighted by Crippen LogP contribution is -2.54. The second kappa shape index (κ2) is 11.9. The predicted molar refractivity (Wildman–Crippen MR) is 99.2 cm³/mol. The van der Waals surface area contributed by atoms with Gasteiger partial charge in [-0.25, -0.2) is 4.79 Å². The summed E-state index contributed by atoms with van der Waals surface area (Å²) in [4.78, 5) is 36.1. The van der Waals surface area contributed by atoms with E-state index in [-0.39, 0.29) is 0 Å². The molecule has 2 amide bonds. The van der Waals surface area contributed by atoms with Crippen molar-refractivity contribution in [3.8, 4) is 0 Å². The zero-order valence-electron chi connectivity index (χ0n) is 15.7. The third-order valence-corrected chi connectivity index (χ3v) is 4.90. The molecule has 8 heteroatoms. The number of carboxylic acid groups (broad SMARTS) is 1. The molecule has 0 radical (unpaired) electrons. The lowest BCUT2D eigenvalue weighted by atomic mass is 9.84. The number of rotatable bonds is 11. The van der Waals surface area contributed by atoms with Gasteiger partial charge in [-0.15, -0.1) is 0 Å². The highest BCUT2D eigenvalue weighted by Crippen LogP contribution is 2.27. The van der Waals surface area contributed by atoms with Crippen LogP contribution < -0.4 is 22.1 Å². The van der Waals surface area contributed by atoms with Gasteiger partial charge in [0.05, 0.1) is 6.04 Å². The average molecular weight is 370 g/mol. The van der Waals surface area contributed by atoms with Gasteiger partial charge in [-0.05, 0) is 45.1 Å². The van der Waals surface area contributed by atoms with Gasteiger partial charge in [0.25, 0.3) is 0 Å². The van der Waals surface area contributed by atoms with Crippen molar-refractivity contribution in [3.63, 3.8) is 0 Å². The molecular weight excluding hydrogens is 336 g/mol. The fourth-order valence-electron chi connectivity index (χ4n) is 3.31. The van der Waals surface area contributed by atoms with Crippen molar-refractivity contribution in [2.45, 2.75) is 82.8 Å². The molecule has 7 N–H and O–H groups in total. The molecule has 1 saturated carbocycles. The van der Waals surface area contributed by atoms with Crippen LogP contribution in [0, 0.1) is 5.92 Å². The molecular formula is C18H34N4O4. The van der Waals surface area contributed by atoms with Gasteiger partial charge in [-0.3, -0.25) is 9.59 Å². The minimum atomic E-state index is -1.08. The molecule has 1 aliphatic rings. The first-order valence-corrected chi connectivity index (χ1v) is 9.64. The summed E-state index contributed by atoms with van der Waals surface area (Å²) in [6.07, 6.45) is 7.64. The number of unbranched alkanes of at least 4 members (excludes halogenated alkanes) is 1. The zero-order valence-corrected chi connectivity index (χ0v) is 15.7. The largest absolute Gasteiger partial charge is 0.480 e. The first kappa shape index (κ1) is 22.4. The van der Waals surface area contributed by atoms with Crippen LogP contribution in [0.15, 0.2) is 0 Å². The SMILES string of the molecule is C[C@H](N)C(=O)N[C@@H](CC1CCCCC1)C(=O)N[C@@H](CCCCN)C(=O)O. The quantitative estimate of drug-likeness (QED) is 0.334. The Morgan fingerprint density at radius 3 is 2.19 bits per heavy atom. The number of hydrogen-bond acceptors (Lipinski definition) is 5. The average Bonchev–Trinajstić information content (AvgIpc) is 2.60. The molecule has 0 aromatic rings. The number of carboxylic acids is 1. The minimum Gasteiger partial charge on any atom is -0.480 e. The molecule has 0 saturated heterocycles. The van der Waals surface area contributed by atoms with Gasteiger partial charge in [0.1, 0.15) is 12.1 Å². The highest BCUT2D eigenvalue weighted by Gasteiger charge is 2.29. The maximum absolute atomic E-state index is 12.7. The monoisotopic (exact) mass is 370 g/mol. The third kappa shape index (κ3) is 8.14. The van der Waals surface area contributed by atoms with Crippen LogP contribution >= 0.6 is 0 Å². The number of aliphatic carboxylic acids is 1. The molecule has 1 rings (SSSR count). The Morgan fingerprint density at radius 1 is 1.04 bits per heavy atom. The highest BCUT2D eigenvalue weighted by molar-refractivity contribution is 5.91. The van der Waals surface area contributed by atoms with Gasteiger partial charge in [-0.2, -0.15) is 0 Å². The van der Waals surface area contributed by atoms with Crippen molar-refractivity contribution in [1.29, 1.82) is 0 Å². The molecule has 3 atom stereocenters. The molecule has 26 heavy (non-hydrogen) atoms. The molecule has 0 aliphatic heterocycles. The topological polar surface area (TPSA) is 148 Å². The number of hydrogen-bond donors (Lipinski definition) is 5. The van der Waals surface area contributed by atoms with Gasteiger partial charge in [-0.1, -0.05) is 32.1 Å². The number of carbonyl (C=O) groups is 3. The van der Waals surface area contributed by atoms with E-state index in [2.05, 4.69) is 10.6 Å². The molecule has 8 nitrogen and oxygen atoms in total. The van der Waals surface area contributed by atoms with E-state index in [4.69, 9.17) is 11.5 Å². The van der Waals surface area contributed by atoms with Gasteiger partial charge in [0.2, 0.25) is 11.8 Å². The Labute approximate surface area is 155 Å². The van der Waals surface area contributed by atoms with E-state index < -0.39 is 35.9 Å². The second-order valence-corrected chi connectivity index (χ2v) is 7.27. The summed E-state index contributed by atoms with van der Waals surface area (Å²) in [5.41, 5.74) is 11.0. The van der Waals surface area contributed by atoms with Gasteiger partial charge >= 0.3 is 5.97 Å².